The molecule has 1 aliphatic rings. The van der Waals surface area contributed by atoms with Gasteiger partial charge in [0.25, 0.3) is 11.8 Å². The molecule has 0 radical (unpaired) electrons. The van der Waals surface area contributed by atoms with E-state index in [-0.39, 0.29) is 30.4 Å². The van der Waals surface area contributed by atoms with Crippen molar-refractivity contribution in [3.63, 3.8) is 0 Å². The van der Waals surface area contributed by atoms with Crippen molar-refractivity contribution in [3.8, 4) is 17.3 Å². The van der Waals surface area contributed by atoms with Crippen LogP contribution in [-0.2, 0) is 4.74 Å². The average molecular weight is 340 g/mol. The van der Waals surface area contributed by atoms with Gasteiger partial charge in [0.1, 0.15) is 6.10 Å². The van der Waals surface area contributed by atoms with Gasteiger partial charge in [-0.05, 0) is 13.0 Å². The van der Waals surface area contributed by atoms with E-state index in [9.17, 15) is 13.6 Å². The van der Waals surface area contributed by atoms with Crippen LogP contribution in [0.25, 0.3) is 11.4 Å². The Hall–Kier alpha value is -2.78. The highest BCUT2D eigenvalue weighted by Gasteiger charge is 2.47. The van der Waals surface area contributed by atoms with Gasteiger partial charge in [-0.3, -0.25) is 0 Å². The van der Waals surface area contributed by atoms with Crippen molar-refractivity contribution in [1.82, 2.24) is 15.1 Å². The van der Waals surface area contributed by atoms with E-state index in [2.05, 4.69) is 15.1 Å². The largest absolute Gasteiger partial charge is 0.474 e. The molecule has 1 fully saturated rings. The Bertz CT molecular complexity index is 744. The first-order chi connectivity index (χ1) is 11.3. The van der Waals surface area contributed by atoms with Crippen LogP contribution >= 0.6 is 0 Å². The molecule has 2 aromatic rings. The number of primary amides is 1. The summed E-state index contributed by atoms with van der Waals surface area (Å²) in [6.07, 6.45) is -1.52. The second kappa shape index (κ2) is 6.02. The summed E-state index contributed by atoms with van der Waals surface area (Å²) in [5.74, 6) is -2.18. The van der Waals surface area contributed by atoms with Crippen molar-refractivity contribution in [2.45, 2.75) is 37.9 Å². The Morgan fingerprint density at radius 1 is 1.50 bits per heavy atom. The van der Waals surface area contributed by atoms with Crippen molar-refractivity contribution < 1.29 is 27.6 Å². The van der Waals surface area contributed by atoms with Crippen molar-refractivity contribution in [2.24, 2.45) is 5.73 Å². The number of ether oxygens (including phenoxy) is 2. The molecule has 1 saturated carbocycles. The fourth-order valence-corrected chi connectivity index (χ4v) is 2.22. The standard InChI is InChI=1S/C14H14F2N4O4/c1-7(22-13(17)21)12-19-11(20-24-12)8-2-3-18-10(4-8)23-9-5-14(15,16)6-9/h2-4,7,9H,5-6H2,1H3,(H2,17,21). The summed E-state index contributed by atoms with van der Waals surface area (Å²) in [5.41, 5.74) is 5.44. The summed E-state index contributed by atoms with van der Waals surface area (Å²) in [7, 11) is 0. The van der Waals surface area contributed by atoms with E-state index in [4.69, 9.17) is 19.7 Å². The highest BCUT2D eigenvalue weighted by atomic mass is 19.3. The summed E-state index contributed by atoms with van der Waals surface area (Å²) in [6.45, 7) is 1.53. The zero-order valence-corrected chi connectivity index (χ0v) is 12.6. The molecule has 1 atom stereocenters. The molecule has 1 amide bonds. The number of carbonyl (C=O) groups excluding carboxylic acids is 1. The van der Waals surface area contributed by atoms with Gasteiger partial charge in [0.2, 0.25) is 11.7 Å². The third kappa shape index (κ3) is 3.58. The second-order valence-electron chi connectivity index (χ2n) is 5.42. The monoisotopic (exact) mass is 340 g/mol. The topological polar surface area (TPSA) is 113 Å². The van der Waals surface area contributed by atoms with E-state index in [1.54, 1.807) is 6.07 Å². The van der Waals surface area contributed by atoms with E-state index < -0.39 is 24.2 Å². The number of nitrogens with two attached hydrogens (primary N) is 1. The fraction of sp³-hybridized carbons (Fsp3) is 0.429. The quantitative estimate of drug-likeness (QED) is 0.889. The predicted molar refractivity (Wildman–Crippen MR) is 75.2 cm³/mol. The van der Waals surface area contributed by atoms with E-state index in [0.717, 1.165) is 0 Å². The highest BCUT2D eigenvalue weighted by Crippen LogP contribution is 2.39. The molecule has 1 unspecified atom stereocenters. The first-order valence-electron chi connectivity index (χ1n) is 7.13. The van der Waals surface area contributed by atoms with Gasteiger partial charge in [0.15, 0.2) is 6.10 Å². The van der Waals surface area contributed by atoms with Crippen LogP contribution in [0.15, 0.2) is 22.9 Å². The van der Waals surface area contributed by atoms with Crippen LogP contribution in [0.4, 0.5) is 13.6 Å². The van der Waals surface area contributed by atoms with Gasteiger partial charge >= 0.3 is 6.09 Å². The average Bonchev–Trinajstić information content (AvgIpc) is 2.95. The van der Waals surface area contributed by atoms with Gasteiger partial charge in [0, 0.05) is 30.7 Å². The molecule has 0 spiro atoms. The van der Waals surface area contributed by atoms with E-state index >= 15 is 0 Å². The number of rotatable bonds is 5. The molecule has 0 aromatic carbocycles. The van der Waals surface area contributed by atoms with Crippen LogP contribution in [0.1, 0.15) is 31.8 Å². The van der Waals surface area contributed by atoms with E-state index in [0.29, 0.717) is 5.56 Å². The van der Waals surface area contributed by atoms with Crippen LogP contribution in [0.2, 0.25) is 0 Å². The Labute approximate surface area is 135 Å². The minimum atomic E-state index is -2.67. The van der Waals surface area contributed by atoms with Crippen LogP contribution in [0, 0.1) is 0 Å². The molecule has 128 valence electrons. The van der Waals surface area contributed by atoms with E-state index in [1.807, 2.05) is 0 Å². The SMILES string of the molecule is CC(OC(N)=O)c1nc(-c2ccnc(OC3CC(F)(F)C3)c2)no1. The third-order valence-electron chi connectivity index (χ3n) is 3.42. The maximum Gasteiger partial charge on any atom is 0.405 e. The molecule has 8 nitrogen and oxygen atoms in total. The van der Waals surface area contributed by atoms with Crippen molar-refractivity contribution in [2.75, 3.05) is 0 Å². The van der Waals surface area contributed by atoms with Crippen molar-refractivity contribution in [1.29, 1.82) is 0 Å². The Morgan fingerprint density at radius 3 is 2.92 bits per heavy atom. The lowest BCUT2D eigenvalue weighted by molar-refractivity contribution is -0.135. The zero-order valence-electron chi connectivity index (χ0n) is 12.6. The number of hydrogen-bond acceptors (Lipinski definition) is 7. The molecule has 0 saturated heterocycles. The molecule has 2 heterocycles. The predicted octanol–water partition coefficient (Wildman–Crippen LogP) is 2.46. The van der Waals surface area contributed by atoms with Crippen LogP contribution < -0.4 is 10.5 Å². The first-order valence-corrected chi connectivity index (χ1v) is 7.13. The zero-order chi connectivity index (χ0) is 17.3. The lowest BCUT2D eigenvalue weighted by atomic mass is 9.91. The molecule has 0 aliphatic heterocycles. The molecular weight excluding hydrogens is 326 g/mol. The van der Waals surface area contributed by atoms with Gasteiger partial charge in [-0.25, -0.2) is 18.6 Å². The number of carbonyl (C=O) groups is 1. The summed E-state index contributed by atoms with van der Waals surface area (Å²) in [5, 5.41) is 3.77. The minimum Gasteiger partial charge on any atom is -0.474 e. The smallest absolute Gasteiger partial charge is 0.405 e. The molecule has 24 heavy (non-hydrogen) atoms. The number of aromatic nitrogens is 3. The second-order valence-corrected chi connectivity index (χ2v) is 5.42. The van der Waals surface area contributed by atoms with Gasteiger partial charge in [-0.2, -0.15) is 4.98 Å². The maximum absolute atomic E-state index is 12.8. The summed E-state index contributed by atoms with van der Waals surface area (Å²) >= 11 is 0. The van der Waals surface area contributed by atoms with Crippen LogP contribution in [0.3, 0.4) is 0 Å². The molecule has 3 rings (SSSR count). The van der Waals surface area contributed by atoms with Gasteiger partial charge in [-0.1, -0.05) is 5.16 Å². The summed E-state index contributed by atoms with van der Waals surface area (Å²) < 4.78 is 40.8. The third-order valence-corrected chi connectivity index (χ3v) is 3.42. The minimum absolute atomic E-state index is 0.0710. The summed E-state index contributed by atoms with van der Waals surface area (Å²) in [6, 6.07) is 3.13. The number of nitrogens with zero attached hydrogens (tertiary/aromatic N) is 3. The number of amides is 1. The van der Waals surface area contributed by atoms with E-state index in [1.165, 1.54) is 19.2 Å². The molecule has 1 aliphatic carbocycles. The summed E-state index contributed by atoms with van der Waals surface area (Å²) in [4.78, 5) is 18.8. The molecule has 2 aromatic heterocycles. The number of pyridine rings is 1. The van der Waals surface area contributed by atoms with Crippen LogP contribution in [-0.4, -0.2) is 33.2 Å². The highest BCUT2D eigenvalue weighted by molar-refractivity contribution is 5.64. The number of alkyl halides is 2. The van der Waals surface area contributed by atoms with Crippen molar-refractivity contribution in [3.05, 3.63) is 24.2 Å². The Kier molecular flexibility index (Phi) is 4.04. The van der Waals surface area contributed by atoms with Gasteiger partial charge in [-0.15, -0.1) is 0 Å². The lowest BCUT2D eigenvalue weighted by Gasteiger charge is -2.34. The van der Waals surface area contributed by atoms with Gasteiger partial charge < -0.3 is 19.7 Å². The maximum atomic E-state index is 12.8. The fourth-order valence-electron chi connectivity index (χ4n) is 2.22. The normalized spacial score (nSPS) is 17.8. The first kappa shape index (κ1) is 16.1. The Morgan fingerprint density at radius 2 is 2.25 bits per heavy atom. The number of hydrogen-bond donors (Lipinski definition) is 1. The molecule has 2 N–H and O–H groups in total. The lowest BCUT2D eigenvalue weighted by Crippen LogP contribution is -2.43. The van der Waals surface area contributed by atoms with Crippen LogP contribution in [0.5, 0.6) is 5.88 Å². The molecule has 10 heteroatoms. The van der Waals surface area contributed by atoms with Crippen molar-refractivity contribution >= 4 is 6.09 Å². The van der Waals surface area contributed by atoms with Gasteiger partial charge in [0.05, 0.1) is 0 Å². The number of halogens is 2. The Balaban J connectivity index is 1.70. The molecular formula is C14H14F2N4O4. The molecule has 0 bridgehead atoms.